The van der Waals surface area contributed by atoms with Crippen LogP contribution in [-0.4, -0.2) is 61.1 Å². The Morgan fingerprint density at radius 3 is 2.82 bits per heavy atom. The van der Waals surface area contributed by atoms with Gasteiger partial charge in [-0.05, 0) is 83.7 Å². The van der Waals surface area contributed by atoms with Crippen LogP contribution in [0.2, 0.25) is 0 Å². The summed E-state index contributed by atoms with van der Waals surface area (Å²) in [5.74, 6) is -0.105. The highest BCUT2D eigenvalue weighted by molar-refractivity contribution is 6.03. The number of allylic oxidation sites excluding steroid dienone is 5. The van der Waals surface area contributed by atoms with Crippen molar-refractivity contribution in [1.82, 2.24) is 15.5 Å². The van der Waals surface area contributed by atoms with Crippen molar-refractivity contribution >= 4 is 18.0 Å². The number of amides is 1. The molecule has 0 aromatic carbocycles. The summed E-state index contributed by atoms with van der Waals surface area (Å²) in [4.78, 5) is 24.1. The smallest absolute Gasteiger partial charge is 0.249 e. The molecule has 3 rings (SSSR count). The maximum atomic E-state index is 12.9. The third kappa shape index (κ3) is 9.07. The summed E-state index contributed by atoms with van der Waals surface area (Å²) in [7, 11) is 0. The van der Waals surface area contributed by atoms with Gasteiger partial charge in [0.25, 0.3) is 0 Å². The van der Waals surface area contributed by atoms with Crippen LogP contribution in [0, 0.1) is 0 Å². The van der Waals surface area contributed by atoms with Crippen LogP contribution in [0.5, 0.6) is 0 Å². The summed E-state index contributed by atoms with van der Waals surface area (Å²) in [5.41, 5.74) is 11.6. The molecule has 1 amide bonds. The summed E-state index contributed by atoms with van der Waals surface area (Å²) in [6.45, 7) is 13.5. The number of carbonyl (C=O) groups excluding carboxylic acids is 1. The van der Waals surface area contributed by atoms with Gasteiger partial charge in [0.05, 0.1) is 0 Å². The van der Waals surface area contributed by atoms with E-state index in [2.05, 4.69) is 57.2 Å². The lowest BCUT2D eigenvalue weighted by atomic mass is 9.87. The Bertz CT molecular complexity index is 1050. The van der Waals surface area contributed by atoms with E-state index in [1.807, 2.05) is 26.0 Å². The minimum absolute atomic E-state index is 0.105. The topological polar surface area (TPSA) is 95.1 Å². The second-order valence-corrected chi connectivity index (χ2v) is 10.6. The van der Waals surface area contributed by atoms with E-state index in [0.29, 0.717) is 36.3 Å². The van der Waals surface area contributed by atoms with Crippen molar-refractivity contribution in [3.8, 4) is 0 Å². The minimum atomic E-state index is -0.105. The second kappa shape index (κ2) is 15.4. The fourth-order valence-electron chi connectivity index (χ4n) is 5.41. The van der Waals surface area contributed by atoms with Crippen molar-refractivity contribution in [2.75, 3.05) is 26.2 Å². The molecule has 1 saturated heterocycles. The van der Waals surface area contributed by atoms with Gasteiger partial charge in [-0.15, -0.1) is 0 Å². The number of carbonyl (C=O) groups is 1. The van der Waals surface area contributed by atoms with Gasteiger partial charge in [0.2, 0.25) is 5.91 Å². The molecule has 2 fully saturated rings. The van der Waals surface area contributed by atoms with E-state index in [1.54, 1.807) is 6.20 Å². The van der Waals surface area contributed by atoms with E-state index < -0.39 is 0 Å². The van der Waals surface area contributed by atoms with Crippen molar-refractivity contribution in [2.24, 2.45) is 15.7 Å². The number of nitrogens with one attached hydrogen (secondary N) is 2. The average Bonchev–Trinajstić information content (AvgIpc) is 3.11. The van der Waals surface area contributed by atoms with Crippen molar-refractivity contribution < 1.29 is 4.79 Å². The Morgan fingerprint density at radius 1 is 1.26 bits per heavy atom. The van der Waals surface area contributed by atoms with E-state index in [1.165, 1.54) is 49.6 Å². The Hall–Kier alpha value is -3.03. The maximum Gasteiger partial charge on any atom is 0.249 e. The van der Waals surface area contributed by atoms with Gasteiger partial charge in [-0.2, -0.15) is 0 Å². The van der Waals surface area contributed by atoms with Crippen LogP contribution in [0.15, 0.2) is 81.1 Å². The molecule has 3 aliphatic rings. The van der Waals surface area contributed by atoms with E-state index in [4.69, 9.17) is 5.73 Å². The molecule has 2 aliphatic heterocycles. The molecular weight excluding hydrogens is 472 g/mol. The number of nitrogens with zero attached hydrogens (tertiary/aromatic N) is 3. The van der Waals surface area contributed by atoms with E-state index >= 15 is 0 Å². The highest BCUT2D eigenvalue weighted by atomic mass is 16.1. The SMILES string of the molecule is C=C/C(=C\C=C(/C)CN(C1CCCNC1)C1CCC/C(=C/C=C\N)C1)CNC(=O)C1=C(C)N=CN=C(C)C1. The zero-order valence-electron chi connectivity index (χ0n) is 23.5. The number of piperidine rings is 1. The van der Waals surface area contributed by atoms with Crippen molar-refractivity contribution in [1.29, 1.82) is 0 Å². The fraction of sp³-hybridized carbons (Fsp3) is 0.516. The molecule has 1 aliphatic carbocycles. The quantitative estimate of drug-likeness (QED) is 0.365. The van der Waals surface area contributed by atoms with E-state index in [-0.39, 0.29) is 5.91 Å². The Balaban J connectivity index is 1.67. The molecule has 206 valence electrons. The van der Waals surface area contributed by atoms with Gasteiger partial charge in [0.15, 0.2) is 0 Å². The normalized spacial score (nSPS) is 24.6. The summed E-state index contributed by atoms with van der Waals surface area (Å²) >= 11 is 0. The molecule has 4 N–H and O–H groups in total. The van der Waals surface area contributed by atoms with E-state index in [0.717, 1.165) is 37.3 Å². The predicted molar refractivity (Wildman–Crippen MR) is 160 cm³/mol. The highest BCUT2D eigenvalue weighted by Crippen LogP contribution is 2.30. The molecule has 2 atom stereocenters. The summed E-state index contributed by atoms with van der Waals surface area (Å²) in [5, 5.41) is 6.65. The highest BCUT2D eigenvalue weighted by Gasteiger charge is 2.30. The van der Waals surface area contributed by atoms with Gasteiger partial charge in [-0.25, -0.2) is 9.98 Å². The molecule has 0 radical (unpaired) electrons. The summed E-state index contributed by atoms with van der Waals surface area (Å²) < 4.78 is 0. The molecule has 7 nitrogen and oxygen atoms in total. The first-order valence-corrected chi connectivity index (χ1v) is 14.0. The molecular formula is C31H46N6O. The average molecular weight is 519 g/mol. The largest absolute Gasteiger partial charge is 0.405 e. The van der Waals surface area contributed by atoms with Crippen molar-refractivity contribution in [2.45, 2.75) is 77.8 Å². The molecule has 1 saturated carbocycles. The van der Waals surface area contributed by atoms with Gasteiger partial charge >= 0.3 is 0 Å². The van der Waals surface area contributed by atoms with Crippen LogP contribution in [0.1, 0.15) is 65.7 Å². The zero-order valence-corrected chi connectivity index (χ0v) is 23.5. The van der Waals surface area contributed by atoms with Crippen molar-refractivity contribution in [3.05, 3.63) is 71.1 Å². The molecule has 0 spiro atoms. The number of aliphatic imine (C=N–C) groups is 2. The molecule has 0 aromatic rings. The molecule has 0 aromatic heterocycles. The van der Waals surface area contributed by atoms with Crippen LogP contribution in [0.4, 0.5) is 0 Å². The van der Waals surface area contributed by atoms with Crippen LogP contribution in [0.25, 0.3) is 0 Å². The van der Waals surface area contributed by atoms with Crippen LogP contribution in [0.3, 0.4) is 0 Å². The Labute approximate surface area is 229 Å². The lowest BCUT2D eigenvalue weighted by Gasteiger charge is -2.42. The van der Waals surface area contributed by atoms with Gasteiger partial charge in [-0.3, -0.25) is 9.69 Å². The minimum Gasteiger partial charge on any atom is -0.405 e. The monoisotopic (exact) mass is 518 g/mol. The van der Waals surface area contributed by atoms with Crippen LogP contribution < -0.4 is 16.4 Å². The summed E-state index contributed by atoms with van der Waals surface area (Å²) in [6.07, 6.45) is 21.1. The number of nitrogens with two attached hydrogens (primary N) is 1. The molecule has 2 unspecified atom stereocenters. The standard InChI is InChI=1S/C31H46N6O/c1-5-26(19-34-31(38)30-17-24(3)35-22-36-25(30)4)14-13-23(2)21-37(29-12-8-16-33-20-29)28-11-6-9-27(18-28)10-7-15-32/h5,7,10,13-15,22,28-29,33H,1,6,8-9,11-12,16-21,32H2,2-4H3,(H,34,38)/b15-7-,23-13+,26-14+,27-10-. The van der Waals surface area contributed by atoms with Gasteiger partial charge in [-0.1, -0.05) is 42.0 Å². The predicted octanol–water partition coefficient (Wildman–Crippen LogP) is 4.72. The number of hydrogen-bond acceptors (Lipinski definition) is 6. The van der Waals surface area contributed by atoms with Gasteiger partial charge in [0.1, 0.15) is 6.34 Å². The number of hydrogen-bond donors (Lipinski definition) is 3. The third-order valence-electron chi connectivity index (χ3n) is 7.59. The van der Waals surface area contributed by atoms with Crippen molar-refractivity contribution in [3.63, 3.8) is 0 Å². The molecule has 38 heavy (non-hydrogen) atoms. The van der Waals surface area contributed by atoms with Gasteiger partial charge < -0.3 is 16.4 Å². The number of rotatable bonds is 10. The first-order chi connectivity index (χ1) is 18.4. The van der Waals surface area contributed by atoms with E-state index in [9.17, 15) is 4.79 Å². The van der Waals surface area contributed by atoms with Crippen LogP contribution in [-0.2, 0) is 4.79 Å². The zero-order chi connectivity index (χ0) is 27.3. The Kier molecular flexibility index (Phi) is 12.0. The second-order valence-electron chi connectivity index (χ2n) is 10.6. The molecule has 2 heterocycles. The third-order valence-corrected chi connectivity index (χ3v) is 7.59. The summed E-state index contributed by atoms with van der Waals surface area (Å²) in [6, 6.07) is 1.09. The Morgan fingerprint density at radius 2 is 2.08 bits per heavy atom. The molecule has 7 heteroatoms. The van der Waals surface area contributed by atoms with Crippen LogP contribution >= 0.6 is 0 Å². The maximum absolute atomic E-state index is 12.9. The first kappa shape index (κ1) is 29.5. The van der Waals surface area contributed by atoms with Gasteiger partial charge in [0, 0.05) is 55.1 Å². The lowest BCUT2D eigenvalue weighted by molar-refractivity contribution is -0.117. The molecule has 0 bridgehead atoms. The fourth-order valence-corrected chi connectivity index (χ4v) is 5.41. The first-order valence-electron chi connectivity index (χ1n) is 14.0. The lowest BCUT2D eigenvalue weighted by Crippen LogP contribution is -2.51.